The van der Waals surface area contributed by atoms with Gasteiger partial charge in [-0.05, 0) is 12.0 Å². The Bertz CT molecular complexity index is 345. The Morgan fingerprint density at radius 1 is 1.35 bits per heavy atom. The Morgan fingerprint density at radius 3 is 2.59 bits per heavy atom. The molecule has 0 radical (unpaired) electrons. The van der Waals surface area contributed by atoms with Gasteiger partial charge in [0, 0.05) is 11.5 Å². The normalized spacial score (nSPS) is 14.2. The van der Waals surface area contributed by atoms with Gasteiger partial charge in [0.1, 0.15) is 6.04 Å². The van der Waals surface area contributed by atoms with E-state index >= 15 is 0 Å². The summed E-state index contributed by atoms with van der Waals surface area (Å²) in [5, 5.41) is 18.2. The highest BCUT2D eigenvalue weighted by Gasteiger charge is 2.16. The Hall–Kier alpha value is -1.04. The lowest BCUT2D eigenvalue weighted by Gasteiger charge is -2.12. The lowest BCUT2D eigenvalue weighted by Crippen LogP contribution is -2.34. The van der Waals surface area contributed by atoms with E-state index in [-0.39, 0.29) is 6.42 Å². The molecule has 1 aromatic rings. The van der Waals surface area contributed by atoms with E-state index in [0.717, 1.165) is 5.75 Å². The summed E-state index contributed by atoms with van der Waals surface area (Å²) >= 11 is 1.57. The van der Waals surface area contributed by atoms with Crippen molar-refractivity contribution in [3.05, 3.63) is 35.9 Å². The average molecular weight is 255 g/mol. The lowest BCUT2D eigenvalue weighted by atomic mass is 10.1. The highest BCUT2D eigenvalue weighted by Crippen LogP contribution is 2.14. The minimum atomic E-state index is -1.07. The number of rotatable bonds is 7. The quantitative estimate of drug-likeness (QED) is 0.679. The SMILES string of the molecule is NC(CC(O)CSCc1ccccc1)C(=O)O. The number of carboxylic acids is 1. The van der Waals surface area contributed by atoms with Crippen LogP contribution in [0.2, 0.25) is 0 Å². The van der Waals surface area contributed by atoms with Crippen LogP contribution < -0.4 is 5.73 Å². The van der Waals surface area contributed by atoms with Gasteiger partial charge >= 0.3 is 5.97 Å². The van der Waals surface area contributed by atoms with Crippen molar-refractivity contribution in [1.82, 2.24) is 0 Å². The zero-order valence-corrected chi connectivity index (χ0v) is 10.3. The molecule has 94 valence electrons. The molecule has 0 heterocycles. The van der Waals surface area contributed by atoms with Crippen LogP contribution in [0.25, 0.3) is 0 Å². The Balaban J connectivity index is 2.20. The first-order valence-corrected chi connectivity index (χ1v) is 6.53. The van der Waals surface area contributed by atoms with Crippen LogP contribution >= 0.6 is 11.8 Å². The van der Waals surface area contributed by atoms with E-state index < -0.39 is 18.1 Å². The molecule has 0 aromatic heterocycles. The molecular formula is C12H17NO3S. The topological polar surface area (TPSA) is 83.5 Å². The van der Waals surface area contributed by atoms with Crippen LogP contribution in [-0.2, 0) is 10.5 Å². The van der Waals surface area contributed by atoms with Crippen LogP contribution in [0.3, 0.4) is 0 Å². The summed E-state index contributed by atoms with van der Waals surface area (Å²) in [7, 11) is 0. The van der Waals surface area contributed by atoms with E-state index in [1.807, 2.05) is 30.3 Å². The van der Waals surface area contributed by atoms with Crippen LogP contribution in [0.4, 0.5) is 0 Å². The summed E-state index contributed by atoms with van der Waals surface area (Å²) < 4.78 is 0. The van der Waals surface area contributed by atoms with Gasteiger partial charge < -0.3 is 15.9 Å². The van der Waals surface area contributed by atoms with Gasteiger partial charge in [-0.15, -0.1) is 0 Å². The monoisotopic (exact) mass is 255 g/mol. The number of carbonyl (C=O) groups is 1. The van der Waals surface area contributed by atoms with Crippen molar-refractivity contribution in [1.29, 1.82) is 0 Å². The standard InChI is InChI=1S/C12H17NO3S/c13-11(12(15)16)6-10(14)8-17-7-9-4-2-1-3-5-9/h1-5,10-11,14H,6-8,13H2,(H,15,16). The third kappa shape index (κ3) is 5.72. The van der Waals surface area contributed by atoms with Crippen LogP contribution in [-0.4, -0.2) is 34.1 Å². The molecule has 4 N–H and O–H groups in total. The fourth-order valence-corrected chi connectivity index (χ4v) is 2.30. The maximum Gasteiger partial charge on any atom is 0.320 e. The highest BCUT2D eigenvalue weighted by atomic mass is 32.2. The molecule has 2 unspecified atom stereocenters. The maximum absolute atomic E-state index is 10.5. The molecule has 1 rings (SSSR count). The Labute approximate surface area is 105 Å². The molecule has 0 fully saturated rings. The summed E-state index contributed by atoms with van der Waals surface area (Å²) in [6.07, 6.45) is -0.577. The molecule has 0 saturated carbocycles. The van der Waals surface area contributed by atoms with E-state index in [4.69, 9.17) is 10.8 Å². The summed E-state index contributed by atoms with van der Waals surface area (Å²) in [4.78, 5) is 10.5. The fraction of sp³-hybridized carbons (Fsp3) is 0.417. The number of nitrogens with two attached hydrogens (primary N) is 1. The zero-order valence-electron chi connectivity index (χ0n) is 9.45. The maximum atomic E-state index is 10.5. The molecule has 1 aromatic carbocycles. The number of hydrogen-bond acceptors (Lipinski definition) is 4. The molecule has 17 heavy (non-hydrogen) atoms. The minimum absolute atomic E-state index is 0.0944. The zero-order chi connectivity index (χ0) is 12.7. The second-order valence-electron chi connectivity index (χ2n) is 3.83. The third-order valence-corrected chi connectivity index (χ3v) is 3.42. The van der Waals surface area contributed by atoms with E-state index in [1.54, 1.807) is 11.8 Å². The van der Waals surface area contributed by atoms with Gasteiger partial charge in [0.25, 0.3) is 0 Å². The van der Waals surface area contributed by atoms with E-state index in [1.165, 1.54) is 5.56 Å². The first kappa shape index (κ1) is 14.0. The van der Waals surface area contributed by atoms with Gasteiger partial charge in [0.2, 0.25) is 0 Å². The number of hydrogen-bond donors (Lipinski definition) is 3. The van der Waals surface area contributed by atoms with Gasteiger partial charge in [-0.1, -0.05) is 30.3 Å². The van der Waals surface area contributed by atoms with Gasteiger partial charge in [-0.2, -0.15) is 11.8 Å². The third-order valence-electron chi connectivity index (χ3n) is 2.26. The summed E-state index contributed by atoms with van der Waals surface area (Å²) in [5.74, 6) is 0.230. The smallest absolute Gasteiger partial charge is 0.320 e. The van der Waals surface area contributed by atoms with Crippen molar-refractivity contribution >= 4 is 17.7 Å². The van der Waals surface area contributed by atoms with Crippen molar-refractivity contribution in [3.8, 4) is 0 Å². The molecule has 4 nitrogen and oxygen atoms in total. The molecule has 0 aliphatic carbocycles. The second kappa shape index (κ2) is 7.32. The van der Waals surface area contributed by atoms with Crippen molar-refractivity contribution in [2.45, 2.75) is 24.3 Å². The molecule has 2 atom stereocenters. The number of aliphatic carboxylic acids is 1. The van der Waals surface area contributed by atoms with Crippen molar-refractivity contribution in [2.75, 3.05) is 5.75 Å². The lowest BCUT2D eigenvalue weighted by molar-refractivity contribution is -0.139. The van der Waals surface area contributed by atoms with Crippen LogP contribution in [0, 0.1) is 0 Å². The van der Waals surface area contributed by atoms with Gasteiger partial charge in [0.15, 0.2) is 0 Å². The van der Waals surface area contributed by atoms with E-state index in [0.29, 0.717) is 5.75 Å². The van der Waals surface area contributed by atoms with Crippen molar-refractivity contribution in [2.24, 2.45) is 5.73 Å². The molecule has 0 spiro atoms. The largest absolute Gasteiger partial charge is 0.480 e. The summed E-state index contributed by atoms with van der Waals surface area (Å²) in [5.41, 5.74) is 6.52. The molecular weight excluding hydrogens is 238 g/mol. The van der Waals surface area contributed by atoms with E-state index in [9.17, 15) is 9.90 Å². The highest BCUT2D eigenvalue weighted by molar-refractivity contribution is 7.98. The number of benzene rings is 1. The molecule has 0 bridgehead atoms. The van der Waals surface area contributed by atoms with Crippen LogP contribution in [0.1, 0.15) is 12.0 Å². The fourth-order valence-electron chi connectivity index (χ4n) is 1.35. The molecule has 0 aliphatic heterocycles. The summed E-state index contributed by atoms with van der Waals surface area (Å²) in [6, 6.07) is 8.93. The number of thioether (sulfide) groups is 1. The molecule has 0 saturated heterocycles. The van der Waals surface area contributed by atoms with Crippen LogP contribution in [0.15, 0.2) is 30.3 Å². The number of aliphatic hydroxyl groups excluding tert-OH is 1. The Morgan fingerprint density at radius 2 is 2.00 bits per heavy atom. The van der Waals surface area contributed by atoms with Gasteiger partial charge in [0.05, 0.1) is 6.10 Å². The van der Waals surface area contributed by atoms with E-state index in [2.05, 4.69) is 0 Å². The van der Waals surface area contributed by atoms with Crippen LogP contribution in [0.5, 0.6) is 0 Å². The van der Waals surface area contributed by atoms with Crippen molar-refractivity contribution in [3.63, 3.8) is 0 Å². The number of aliphatic hydroxyl groups is 1. The van der Waals surface area contributed by atoms with Gasteiger partial charge in [-0.25, -0.2) is 0 Å². The minimum Gasteiger partial charge on any atom is -0.480 e. The average Bonchev–Trinajstić information content (AvgIpc) is 2.30. The number of carboxylic acid groups (broad SMARTS) is 1. The predicted octanol–water partition coefficient (Wildman–Crippen LogP) is 1.08. The Kier molecular flexibility index (Phi) is 6.04. The molecule has 5 heteroatoms. The van der Waals surface area contributed by atoms with Crippen molar-refractivity contribution < 1.29 is 15.0 Å². The first-order chi connectivity index (χ1) is 8.09. The first-order valence-electron chi connectivity index (χ1n) is 5.37. The second-order valence-corrected chi connectivity index (χ2v) is 4.87. The predicted molar refractivity (Wildman–Crippen MR) is 68.8 cm³/mol. The van der Waals surface area contributed by atoms with Gasteiger partial charge in [-0.3, -0.25) is 4.79 Å². The molecule has 0 amide bonds. The summed E-state index contributed by atoms with van der Waals surface area (Å²) in [6.45, 7) is 0. The molecule has 0 aliphatic rings.